The van der Waals surface area contributed by atoms with Crippen molar-refractivity contribution in [2.75, 3.05) is 12.9 Å². The monoisotopic (exact) mass is 196 g/mol. The molecule has 0 amide bonds. The third-order valence-corrected chi connectivity index (χ3v) is 3.35. The van der Waals surface area contributed by atoms with Crippen LogP contribution in [-0.4, -0.2) is 18.0 Å². The molecule has 2 rings (SSSR count). The van der Waals surface area contributed by atoms with Crippen LogP contribution >= 0.6 is 11.8 Å². The maximum atomic E-state index is 9.71. The Morgan fingerprint density at radius 1 is 1.54 bits per heavy atom. The van der Waals surface area contributed by atoms with Gasteiger partial charge in [0.2, 0.25) is 0 Å². The van der Waals surface area contributed by atoms with E-state index in [-0.39, 0.29) is 6.10 Å². The zero-order valence-electron chi connectivity index (χ0n) is 7.49. The van der Waals surface area contributed by atoms with Crippen LogP contribution in [0, 0.1) is 0 Å². The lowest BCUT2D eigenvalue weighted by Gasteiger charge is -2.20. The van der Waals surface area contributed by atoms with Crippen molar-refractivity contribution in [3.05, 3.63) is 23.8 Å². The summed E-state index contributed by atoms with van der Waals surface area (Å²) in [6.45, 7) is 0. The van der Waals surface area contributed by atoms with E-state index in [9.17, 15) is 5.11 Å². The lowest BCUT2D eigenvalue weighted by molar-refractivity contribution is 0.169. The number of rotatable bonds is 1. The van der Waals surface area contributed by atoms with Crippen molar-refractivity contribution in [3.8, 4) is 5.75 Å². The minimum Gasteiger partial charge on any atom is -0.497 e. The van der Waals surface area contributed by atoms with Crippen LogP contribution in [0.5, 0.6) is 5.75 Å². The summed E-state index contributed by atoms with van der Waals surface area (Å²) < 4.78 is 5.11. The molecular formula is C10H12O2S. The fourth-order valence-corrected chi connectivity index (χ4v) is 2.57. The molecule has 1 aliphatic heterocycles. The second-order valence-electron chi connectivity index (χ2n) is 3.06. The van der Waals surface area contributed by atoms with E-state index in [1.165, 1.54) is 4.90 Å². The van der Waals surface area contributed by atoms with Crippen molar-refractivity contribution in [3.63, 3.8) is 0 Å². The van der Waals surface area contributed by atoms with Crippen molar-refractivity contribution in [1.29, 1.82) is 0 Å². The number of ether oxygens (including phenoxy) is 1. The van der Waals surface area contributed by atoms with E-state index in [0.717, 1.165) is 23.5 Å². The van der Waals surface area contributed by atoms with Gasteiger partial charge in [-0.2, -0.15) is 0 Å². The van der Waals surface area contributed by atoms with Crippen LogP contribution in [0.15, 0.2) is 23.1 Å². The number of thioether (sulfide) groups is 1. The van der Waals surface area contributed by atoms with E-state index in [0.29, 0.717) is 0 Å². The molecule has 1 atom stereocenters. The molecule has 1 N–H and O–H groups in total. The van der Waals surface area contributed by atoms with Crippen molar-refractivity contribution < 1.29 is 9.84 Å². The topological polar surface area (TPSA) is 29.5 Å². The Labute approximate surface area is 81.9 Å². The van der Waals surface area contributed by atoms with Crippen LogP contribution in [-0.2, 0) is 0 Å². The van der Waals surface area contributed by atoms with Crippen LogP contribution in [0.2, 0.25) is 0 Å². The third-order valence-electron chi connectivity index (χ3n) is 2.22. The molecule has 1 aliphatic rings. The van der Waals surface area contributed by atoms with Crippen LogP contribution in [0.25, 0.3) is 0 Å². The minimum atomic E-state index is -0.314. The summed E-state index contributed by atoms with van der Waals surface area (Å²) in [4.78, 5) is 1.18. The van der Waals surface area contributed by atoms with Gasteiger partial charge in [-0.3, -0.25) is 0 Å². The number of methoxy groups -OCH3 is 1. The highest BCUT2D eigenvalue weighted by Crippen LogP contribution is 2.37. The number of hydrogen-bond acceptors (Lipinski definition) is 3. The molecule has 2 nitrogen and oxygen atoms in total. The summed E-state index contributed by atoms with van der Waals surface area (Å²) in [5.74, 6) is 1.82. The van der Waals surface area contributed by atoms with E-state index in [1.807, 2.05) is 18.2 Å². The molecule has 0 aromatic heterocycles. The Bertz CT molecular complexity index is 312. The first-order chi connectivity index (χ1) is 6.31. The normalized spacial score (nSPS) is 20.9. The molecule has 1 heterocycles. The van der Waals surface area contributed by atoms with Gasteiger partial charge in [0.1, 0.15) is 5.75 Å². The molecule has 13 heavy (non-hydrogen) atoms. The van der Waals surface area contributed by atoms with E-state index in [2.05, 4.69) is 0 Å². The van der Waals surface area contributed by atoms with Gasteiger partial charge in [0.05, 0.1) is 13.2 Å². The molecule has 70 valence electrons. The van der Waals surface area contributed by atoms with Crippen molar-refractivity contribution in [2.45, 2.75) is 17.4 Å². The highest BCUT2D eigenvalue weighted by molar-refractivity contribution is 7.99. The van der Waals surface area contributed by atoms with Gasteiger partial charge in [-0.25, -0.2) is 0 Å². The van der Waals surface area contributed by atoms with Crippen LogP contribution in [0.1, 0.15) is 18.1 Å². The number of benzene rings is 1. The first-order valence-electron chi connectivity index (χ1n) is 4.30. The first kappa shape index (κ1) is 8.91. The van der Waals surface area contributed by atoms with Gasteiger partial charge in [0, 0.05) is 10.6 Å². The third kappa shape index (κ3) is 1.67. The van der Waals surface area contributed by atoms with E-state index in [4.69, 9.17) is 4.74 Å². The van der Waals surface area contributed by atoms with Crippen LogP contribution < -0.4 is 4.74 Å². The number of aliphatic hydroxyl groups is 1. The standard InChI is InChI=1S/C10H12O2S/c1-12-7-2-3-10-8(6-7)9(11)4-5-13-10/h2-3,6,9,11H,4-5H2,1H3. The van der Waals surface area contributed by atoms with Gasteiger partial charge in [-0.1, -0.05) is 0 Å². The predicted molar refractivity (Wildman–Crippen MR) is 53.3 cm³/mol. The summed E-state index contributed by atoms with van der Waals surface area (Å²) >= 11 is 1.80. The maximum absolute atomic E-state index is 9.71. The Morgan fingerprint density at radius 2 is 2.38 bits per heavy atom. The lowest BCUT2D eigenvalue weighted by Crippen LogP contribution is -2.06. The Kier molecular flexibility index (Phi) is 2.47. The van der Waals surface area contributed by atoms with Crippen molar-refractivity contribution >= 4 is 11.8 Å². The van der Waals surface area contributed by atoms with Gasteiger partial charge in [0.15, 0.2) is 0 Å². The molecule has 1 aromatic rings. The van der Waals surface area contributed by atoms with E-state index in [1.54, 1.807) is 18.9 Å². The molecule has 0 spiro atoms. The second kappa shape index (κ2) is 3.60. The lowest BCUT2D eigenvalue weighted by atomic mass is 10.1. The van der Waals surface area contributed by atoms with Gasteiger partial charge in [-0.05, 0) is 30.2 Å². The molecule has 0 radical (unpaired) electrons. The fourth-order valence-electron chi connectivity index (χ4n) is 1.48. The number of aliphatic hydroxyl groups excluding tert-OH is 1. The van der Waals surface area contributed by atoms with Crippen LogP contribution in [0.4, 0.5) is 0 Å². The number of fused-ring (bicyclic) bond motifs is 1. The minimum absolute atomic E-state index is 0.314. The Morgan fingerprint density at radius 3 is 3.15 bits per heavy atom. The number of hydrogen-bond donors (Lipinski definition) is 1. The van der Waals surface area contributed by atoms with Gasteiger partial charge in [-0.15, -0.1) is 11.8 Å². The summed E-state index contributed by atoms with van der Waals surface area (Å²) in [5, 5.41) is 9.71. The molecule has 0 saturated carbocycles. The highest BCUT2D eigenvalue weighted by atomic mass is 32.2. The average molecular weight is 196 g/mol. The van der Waals surface area contributed by atoms with Gasteiger partial charge in [0.25, 0.3) is 0 Å². The quantitative estimate of drug-likeness (QED) is 0.747. The maximum Gasteiger partial charge on any atom is 0.119 e. The van der Waals surface area contributed by atoms with Crippen molar-refractivity contribution in [1.82, 2.24) is 0 Å². The molecule has 1 unspecified atom stereocenters. The molecule has 0 saturated heterocycles. The van der Waals surface area contributed by atoms with Crippen LogP contribution in [0.3, 0.4) is 0 Å². The molecule has 0 aliphatic carbocycles. The van der Waals surface area contributed by atoms with E-state index < -0.39 is 0 Å². The summed E-state index contributed by atoms with van der Waals surface area (Å²) in [6.07, 6.45) is 0.525. The summed E-state index contributed by atoms with van der Waals surface area (Å²) in [6, 6.07) is 5.87. The average Bonchev–Trinajstić information content (AvgIpc) is 2.18. The second-order valence-corrected chi connectivity index (χ2v) is 4.19. The van der Waals surface area contributed by atoms with Gasteiger partial charge >= 0.3 is 0 Å². The summed E-state index contributed by atoms with van der Waals surface area (Å²) in [7, 11) is 1.64. The van der Waals surface area contributed by atoms with Crippen molar-refractivity contribution in [2.24, 2.45) is 0 Å². The van der Waals surface area contributed by atoms with Gasteiger partial charge < -0.3 is 9.84 Å². The zero-order valence-corrected chi connectivity index (χ0v) is 8.30. The first-order valence-corrected chi connectivity index (χ1v) is 5.28. The predicted octanol–water partition coefficient (Wildman–Crippen LogP) is 2.22. The fraction of sp³-hybridized carbons (Fsp3) is 0.400. The smallest absolute Gasteiger partial charge is 0.119 e. The summed E-state index contributed by atoms with van der Waals surface area (Å²) in [5.41, 5.74) is 1.01. The largest absolute Gasteiger partial charge is 0.497 e. The molecule has 0 bridgehead atoms. The van der Waals surface area contributed by atoms with E-state index >= 15 is 0 Å². The Hall–Kier alpha value is -0.670. The molecule has 3 heteroatoms. The highest BCUT2D eigenvalue weighted by Gasteiger charge is 2.18. The molecule has 0 fully saturated rings. The SMILES string of the molecule is COc1ccc2c(c1)C(O)CCS2. The molecule has 1 aromatic carbocycles. The zero-order chi connectivity index (χ0) is 9.26. The molecular weight excluding hydrogens is 184 g/mol. The Balaban J connectivity index is 2.41.